The second kappa shape index (κ2) is 6.66. The van der Waals surface area contributed by atoms with Gasteiger partial charge in [0.15, 0.2) is 5.69 Å². The summed E-state index contributed by atoms with van der Waals surface area (Å²) < 4.78 is 5.61. The number of amides is 1. The van der Waals surface area contributed by atoms with Gasteiger partial charge in [-0.3, -0.25) is 4.79 Å². The van der Waals surface area contributed by atoms with Crippen LogP contribution in [-0.2, 0) is 6.61 Å². The van der Waals surface area contributed by atoms with Gasteiger partial charge in [-0.05, 0) is 21.4 Å². The number of aromatic nitrogens is 5. The number of carbonyl (C=O) groups is 1. The van der Waals surface area contributed by atoms with E-state index in [0.29, 0.717) is 0 Å². The summed E-state index contributed by atoms with van der Waals surface area (Å²) >= 11 is 0. The predicted molar refractivity (Wildman–Crippen MR) is 81.1 cm³/mol. The van der Waals surface area contributed by atoms with E-state index in [9.17, 15) is 4.79 Å². The van der Waals surface area contributed by atoms with Crippen LogP contribution in [0.3, 0.4) is 0 Å². The van der Waals surface area contributed by atoms with E-state index >= 15 is 0 Å². The monoisotopic (exact) mass is 328 g/mol. The molecule has 0 saturated heterocycles. The molecule has 0 saturated carbocycles. The van der Waals surface area contributed by atoms with Crippen LogP contribution in [0.1, 0.15) is 21.6 Å². The number of hydrazone groups is 1. The third kappa shape index (κ3) is 3.25. The molecule has 1 amide bonds. The van der Waals surface area contributed by atoms with Gasteiger partial charge in [0.1, 0.15) is 0 Å². The molecule has 3 rings (SSSR count). The number of hydrogen-bond acceptors (Lipinski definition) is 9. The van der Waals surface area contributed by atoms with Gasteiger partial charge in [-0.15, -0.1) is 5.10 Å². The Bertz CT molecular complexity index is 867. The molecule has 0 radical (unpaired) electrons. The molecule has 122 valence electrons. The van der Waals surface area contributed by atoms with E-state index < -0.39 is 5.91 Å². The highest BCUT2D eigenvalue weighted by Crippen LogP contribution is 2.09. The summed E-state index contributed by atoms with van der Waals surface area (Å²) in [6, 6.07) is 7.03. The van der Waals surface area contributed by atoms with Crippen molar-refractivity contribution in [2.75, 3.05) is 5.73 Å². The van der Waals surface area contributed by atoms with Crippen LogP contribution in [0, 0.1) is 0 Å². The molecule has 0 fully saturated rings. The zero-order chi connectivity index (χ0) is 16.9. The van der Waals surface area contributed by atoms with Gasteiger partial charge in [0.05, 0.1) is 19.0 Å². The van der Waals surface area contributed by atoms with Gasteiger partial charge in [-0.2, -0.15) is 9.78 Å². The molecule has 0 bridgehead atoms. The van der Waals surface area contributed by atoms with Crippen LogP contribution in [0.4, 0.5) is 5.82 Å². The minimum Gasteiger partial charge on any atom is -0.392 e. The van der Waals surface area contributed by atoms with E-state index in [1.165, 1.54) is 12.4 Å². The lowest BCUT2D eigenvalue weighted by Gasteiger charge is -1.97. The summed E-state index contributed by atoms with van der Waals surface area (Å²) in [6.45, 7) is -0.0324. The summed E-state index contributed by atoms with van der Waals surface area (Å²) in [5.74, 6) is -0.398. The van der Waals surface area contributed by atoms with Crippen molar-refractivity contribution in [2.45, 2.75) is 6.61 Å². The van der Waals surface area contributed by atoms with Gasteiger partial charge in [0.25, 0.3) is 5.91 Å². The lowest BCUT2D eigenvalue weighted by Crippen LogP contribution is -2.18. The molecule has 0 aliphatic heterocycles. The minimum atomic E-state index is -0.556. The molecule has 2 aromatic heterocycles. The van der Waals surface area contributed by atoms with E-state index in [2.05, 4.69) is 35.8 Å². The van der Waals surface area contributed by atoms with Crippen LogP contribution in [0.5, 0.6) is 0 Å². The van der Waals surface area contributed by atoms with Crippen molar-refractivity contribution in [3.05, 3.63) is 47.3 Å². The fourth-order valence-electron chi connectivity index (χ4n) is 1.75. The van der Waals surface area contributed by atoms with Crippen LogP contribution in [0.15, 0.2) is 40.2 Å². The Kier molecular flexibility index (Phi) is 4.25. The largest absolute Gasteiger partial charge is 0.392 e. The maximum Gasteiger partial charge on any atom is 0.293 e. The summed E-state index contributed by atoms with van der Waals surface area (Å²) in [5, 5.41) is 27.2. The lowest BCUT2D eigenvalue weighted by atomic mass is 10.2. The van der Waals surface area contributed by atoms with Crippen LogP contribution in [0.2, 0.25) is 0 Å². The first-order valence-corrected chi connectivity index (χ1v) is 6.71. The smallest absolute Gasteiger partial charge is 0.293 e. The Morgan fingerprint density at radius 3 is 2.83 bits per heavy atom. The molecule has 0 unspecified atom stereocenters. The normalized spacial score (nSPS) is 11.0. The van der Waals surface area contributed by atoms with Gasteiger partial charge in [0, 0.05) is 0 Å². The highest BCUT2D eigenvalue weighted by molar-refractivity contribution is 5.92. The van der Waals surface area contributed by atoms with E-state index in [4.69, 9.17) is 10.8 Å². The maximum absolute atomic E-state index is 11.9. The molecule has 4 N–H and O–H groups in total. The number of aliphatic hydroxyl groups is 1. The zero-order valence-corrected chi connectivity index (χ0v) is 12.2. The standard InChI is InChI=1S/C13H12N8O3/c14-11-12(19-24-18-11)21-6-10(16-20-21)13(23)17-15-5-8-1-3-9(7-22)4-2-8/h1-6,22H,7H2,(H2,14,18)(H,17,23). The number of nitrogens with two attached hydrogens (primary N) is 1. The number of carbonyl (C=O) groups excluding carboxylic acids is 1. The molecule has 1 aromatic carbocycles. The Labute approximate surface area is 134 Å². The highest BCUT2D eigenvalue weighted by Gasteiger charge is 2.15. The first-order valence-electron chi connectivity index (χ1n) is 6.71. The Balaban J connectivity index is 1.64. The number of rotatable bonds is 5. The molecule has 11 heteroatoms. The number of aliphatic hydroxyl groups excluding tert-OH is 1. The Hall–Kier alpha value is -3.60. The first-order chi connectivity index (χ1) is 11.7. The number of benzene rings is 1. The quantitative estimate of drug-likeness (QED) is 0.417. The van der Waals surface area contributed by atoms with Crippen molar-refractivity contribution in [2.24, 2.45) is 5.10 Å². The average Bonchev–Trinajstić information content (AvgIpc) is 3.24. The molecule has 0 spiro atoms. The van der Waals surface area contributed by atoms with Crippen molar-refractivity contribution in [1.82, 2.24) is 30.7 Å². The van der Waals surface area contributed by atoms with E-state index in [0.717, 1.165) is 15.8 Å². The molecular weight excluding hydrogens is 316 g/mol. The van der Waals surface area contributed by atoms with Crippen LogP contribution in [-0.4, -0.2) is 42.5 Å². The fraction of sp³-hybridized carbons (Fsp3) is 0.0769. The van der Waals surface area contributed by atoms with Crippen molar-refractivity contribution in [3.63, 3.8) is 0 Å². The molecule has 3 aromatic rings. The Morgan fingerprint density at radius 1 is 1.38 bits per heavy atom. The lowest BCUT2D eigenvalue weighted by molar-refractivity contribution is 0.0950. The van der Waals surface area contributed by atoms with E-state index in [-0.39, 0.29) is 23.9 Å². The summed E-state index contributed by atoms with van der Waals surface area (Å²) in [5.41, 5.74) is 9.42. The molecular formula is C13H12N8O3. The van der Waals surface area contributed by atoms with Crippen LogP contribution < -0.4 is 11.2 Å². The molecule has 2 heterocycles. The van der Waals surface area contributed by atoms with E-state index in [1.54, 1.807) is 24.3 Å². The number of nitrogens with one attached hydrogen (secondary N) is 1. The van der Waals surface area contributed by atoms with E-state index in [1.807, 2.05) is 0 Å². The second-order valence-corrected chi connectivity index (χ2v) is 4.62. The number of anilines is 1. The summed E-state index contributed by atoms with van der Waals surface area (Å²) in [6.07, 6.45) is 2.78. The molecule has 24 heavy (non-hydrogen) atoms. The average molecular weight is 328 g/mol. The molecule has 0 aliphatic carbocycles. The maximum atomic E-state index is 11.9. The van der Waals surface area contributed by atoms with Crippen LogP contribution in [0.25, 0.3) is 5.82 Å². The molecule has 0 atom stereocenters. The SMILES string of the molecule is Nc1nonc1-n1cc(C(=O)NN=Cc2ccc(CO)cc2)nn1. The molecule has 11 nitrogen and oxygen atoms in total. The highest BCUT2D eigenvalue weighted by atomic mass is 16.6. The number of nitrogen functional groups attached to an aromatic ring is 1. The topological polar surface area (TPSA) is 157 Å². The van der Waals surface area contributed by atoms with Gasteiger partial charge in [-0.25, -0.2) is 10.1 Å². The van der Waals surface area contributed by atoms with Crippen molar-refractivity contribution < 1.29 is 14.5 Å². The third-order valence-electron chi connectivity index (χ3n) is 2.98. The number of nitrogens with zero attached hydrogens (tertiary/aromatic N) is 6. The second-order valence-electron chi connectivity index (χ2n) is 4.62. The van der Waals surface area contributed by atoms with Crippen molar-refractivity contribution in [1.29, 1.82) is 0 Å². The summed E-state index contributed by atoms with van der Waals surface area (Å²) in [4.78, 5) is 11.9. The third-order valence-corrected chi connectivity index (χ3v) is 2.98. The first kappa shape index (κ1) is 15.3. The Morgan fingerprint density at radius 2 is 2.17 bits per heavy atom. The van der Waals surface area contributed by atoms with Gasteiger partial charge in [0.2, 0.25) is 11.6 Å². The summed E-state index contributed by atoms with van der Waals surface area (Å²) in [7, 11) is 0. The van der Waals surface area contributed by atoms with Crippen molar-refractivity contribution in [3.8, 4) is 5.82 Å². The predicted octanol–water partition coefficient (Wildman–Crippen LogP) is -0.511. The number of hydrogen-bond donors (Lipinski definition) is 3. The van der Waals surface area contributed by atoms with Gasteiger partial charge >= 0.3 is 0 Å². The fourth-order valence-corrected chi connectivity index (χ4v) is 1.75. The van der Waals surface area contributed by atoms with Crippen molar-refractivity contribution >= 4 is 17.9 Å². The van der Waals surface area contributed by atoms with Crippen LogP contribution >= 0.6 is 0 Å². The minimum absolute atomic E-state index is 0.0187. The van der Waals surface area contributed by atoms with Gasteiger partial charge < -0.3 is 10.8 Å². The van der Waals surface area contributed by atoms with Gasteiger partial charge in [-0.1, -0.05) is 29.5 Å². The zero-order valence-electron chi connectivity index (χ0n) is 12.2. The molecule has 0 aliphatic rings.